The minimum Gasteiger partial charge on any atom is -0.467 e. The van der Waals surface area contributed by atoms with Gasteiger partial charge < -0.3 is 19.1 Å². The van der Waals surface area contributed by atoms with E-state index < -0.39 is 6.10 Å². The normalized spacial score (nSPS) is 16.7. The molecule has 2 heterocycles. The molecular formula is C25H27FN2O4. The number of hydrogen-bond donors (Lipinski definition) is 1. The molecule has 0 unspecified atom stereocenters. The van der Waals surface area contributed by atoms with E-state index in [0.29, 0.717) is 38.4 Å². The van der Waals surface area contributed by atoms with Crippen LogP contribution in [-0.4, -0.2) is 47.6 Å². The van der Waals surface area contributed by atoms with Gasteiger partial charge in [-0.15, -0.1) is 0 Å². The lowest BCUT2D eigenvalue weighted by Gasteiger charge is -2.27. The van der Waals surface area contributed by atoms with Gasteiger partial charge in [0.2, 0.25) is 0 Å². The molecule has 2 atom stereocenters. The quantitative estimate of drug-likeness (QED) is 0.490. The van der Waals surface area contributed by atoms with Crippen LogP contribution in [0.2, 0.25) is 0 Å². The molecule has 4 rings (SSSR count). The van der Waals surface area contributed by atoms with Gasteiger partial charge in [-0.25, -0.2) is 4.39 Å². The number of oxime groups is 1. The summed E-state index contributed by atoms with van der Waals surface area (Å²) in [5.41, 5.74) is 2.78. The van der Waals surface area contributed by atoms with E-state index in [1.54, 1.807) is 18.4 Å². The zero-order valence-electron chi connectivity index (χ0n) is 17.8. The Hall–Kier alpha value is -3.00. The molecule has 1 aliphatic rings. The van der Waals surface area contributed by atoms with Gasteiger partial charge in [0, 0.05) is 26.1 Å². The molecule has 32 heavy (non-hydrogen) atoms. The van der Waals surface area contributed by atoms with E-state index in [1.165, 1.54) is 12.1 Å². The topological polar surface area (TPSA) is 67.4 Å². The molecule has 0 spiro atoms. The highest BCUT2D eigenvalue weighted by atomic mass is 19.1. The summed E-state index contributed by atoms with van der Waals surface area (Å²) in [6, 6.07) is 20.0. The molecule has 0 aliphatic carbocycles. The van der Waals surface area contributed by atoms with Crippen LogP contribution in [0.3, 0.4) is 0 Å². The molecule has 1 aliphatic heterocycles. The molecule has 1 aromatic heterocycles. The summed E-state index contributed by atoms with van der Waals surface area (Å²) in [6.07, 6.45) is 1.40. The van der Waals surface area contributed by atoms with Gasteiger partial charge >= 0.3 is 0 Å². The van der Waals surface area contributed by atoms with Crippen LogP contribution in [0.4, 0.5) is 4.39 Å². The Morgan fingerprint density at radius 1 is 1.12 bits per heavy atom. The van der Waals surface area contributed by atoms with E-state index in [1.807, 2.05) is 47.4 Å². The van der Waals surface area contributed by atoms with Crippen molar-refractivity contribution in [2.75, 3.05) is 19.7 Å². The summed E-state index contributed by atoms with van der Waals surface area (Å²) in [5, 5.41) is 14.8. The molecule has 6 nitrogen and oxygen atoms in total. The highest BCUT2D eigenvalue weighted by Gasteiger charge is 2.25. The van der Waals surface area contributed by atoms with Crippen molar-refractivity contribution in [3.63, 3.8) is 0 Å². The zero-order chi connectivity index (χ0) is 22.2. The van der Waals surface area contributed by atoms with Gasteiger partial charge in [-0.2, -0.15) is 0 Å². The van der Waals surface area contributed by atoms with Crippen LogP contribution >= 0.6 is 0 Å². The number of aliphatic hydroxyl groups excluding tert-OH is 1. The molecule has 3 aromatic rings. The predicted molar refractivity (Wildman–Crippen MR) is 119 cm³/mol. The van der Waals surface area contributed by atoms with Crippen LogP contribution in [0.1, 0.15) is 23.3 Å². The number of rotatable bonds is 11. The Balaban J connectivity index is 1.34. The first-order valence-corrected chi connectivity index (χ1v) is 10.7. The van der Waals surface area contributed by atoms with E-state index >= 15 is 0 Å². The number of hydrogen-bond acceptors (Lipinski definition) is 6. The maximum atomic E-state index is 13.7. The summed E-state index contributed by atoms with van der Waals surface area (Å²) in [6.45, 7) is 1.85. The van der Waals surface area contributed by atoms with Crippen LogP contribution in [0.25, 0.3) is 0 Å². The van der Waals surface area contributed by atoms with Gasteiger partial charge in [-0.1, -0.05) is 47.6 Å². The lowest BCUT2D eigenvalue weighted by molar-refractivity contribution is -0.00957. The molecule has 0 radical (unpaired) electrons. The highest BCUT2D eigenvalue weighted by Crippen LogP contribution is 2.19. The van der Waals surface area contributed by atoms with Gasteiger partial charge in [0.15, 0.2) is 0 Å². The van der Waals surface area contributed by atoms with Crippen molar-refractivity contribution in [2.45, 2.75) is 31.8 Å². The van der Waals surface area contributed by atoms with Gasteiger partial charge in [0.1, 0.15) is 24.3 Å². The van der Waals surface area contributed by atoms with Crippen LogP contribution in [0, 0.1) is 5.82 Å². The van der Waals surface area contributed by atoms with E-state index in [2.05, 4.69) is 5.16 Å². The molecule has 7 heteroatoms. The second kappa shape index (κ2) is 11.0. The van der Waals surface area contributed by atoms with Crippen molar-refractivity contribution < 1.29 is 23.5 Å². The van der Waals surface area contributed by atoms with E-state index in [-0.39, 0.29) is 18.5 Å². The minimum atomic E-state index is -0.713. The molecule has 0 amide bonds. The predicted octanol–water partition coefficient (Wildman–Crippen LogP) is 3.99. The average Bonchev–Trinajstić information content (AvgIpc) is 3.47. The molecule has 2 aromatic carbocycles. The number of benzene rings is 2. The number of halogens is 1. The third-order valence-electron chi connectivity index (χ3n) is 5.20. The van der Waals surface area contributed by atoms with E-state index in [9.17, 15) is 9.50 Å². The lowest BCUT2D eigenvalue weighted by Crippen LogP contribution is -2.39. The molecule has 0 fully saturated rings. The molecule has 168 valence electrons. The molecule has 0 saturated heterocycles. The smallest absolute Gasteiger partial charge is 0.145 e. The largest absolute Gasteiger partial charge is 0.467 e. The SMILES string of the molecule is O[C@H](COCc1ccco1)CN(Cc1cccc(F)c1)C[C@@H]1CC(c2ccccc2)=NO1. The molecule has 0 bridgehead atoms. The summed E-state index contributed by atoms with van der Waals surface area (Å²) < 4.78 is 24.5. The fourth-order valence-corrected chi connectivity index (χ4v) is 3.75. The van der Waals surface area contributed by atoms with Crippen molar-refractivity contribution in [2.24, 2.45) is 5.16 Å². The summed E-state index contributed by atoms with van der Waals surface area (Å²) in [7, 11) is 0. The Kier molecular flexibility index (Phi) is 7.66. The number of furan rings is 1. The number of nitrogens with zero attached hydrogens (tertiary/aromatic N) is 2. The van der Waals surface area contributed by atoms with Gasteiger partial charge in [-0.05, 0) is 35.4 Å². The van der Waals surface area contributed by atoms with Crippen molar-refractivity contribution in [1.82, 2.24) is 4.90 Å². The Morgan fingerprint density at radius 2 is 2.00 bits per heavy atom. The lowest BCUT2D eigenvalue weighted by atomic mass is 10.0. The Labute approximate surface area is 186 Å². The van der Waals surface area contributed by atoms with Crippen LogP contribution in [0.15, 0.2) is 82.6 Å². The van der Waals surface area contributed by atoms with Crippen molar-refractivity contribution >= 4 is 5.71 Å². The van der Waals surface area contributed by atoms with Crippen LogP contribution < -0.4 is 0 Å². The van der Waals surface area contributed by atoms with Gasteiger partial charge in [-0.3, -0.25) is 4.90 Å². The number of aliphatic hydroxyl groups is 1. The summed E-state index contributed by atoms with van der Waals surface area (Å²) in [4.78, 5) is 7.72. The number of ether oxygens (including phenoxy) is 1. The fraction of sp³-hybridized carbons (Fsp3) is 0.320. The highest BCUT2D eigenvalue weighted by molar-refractivity contribution is 6.01. The van der Waals surface area contributed by atoms with Crippen molar-refractivity contribution in [3.8, 4) is 0 Å². The zero-order valence-corrected chi connectivity index (χ0v) is 17.8. The van der Waals surface area contributed by atoms with Crippen molar-refractivity contribution in [3.05, 3.63) is 95.7 Å². The van der Waals surface area contributed by atoms with Crippen LogP contribution in [-0.2, 0) is 22.7 Å². The third-order valence-corrected chi connectivity index (χ3v) is 5.20. The standard InChI is InChI=1S/C25H27FN2O4/c26-21-9-4-6-19(12-21)14-28(15-22(29)17-30-18-23-10-5-11-31-23)16-24-13-25(27-32-24)20-7-2-1-3-8-20/h1-12,22,24,29H,13-18H2/t22-,24-/m0/s1. The second-order valence-electron chi connectivity index (χ2n) is 7.91. The van der Waals surface area contributed by atoms with Crippen LogP contribution in [0.5, 0.6) is 0 Å². The molecule has 1 N–H and O–H groups in total. The first-order valence-electron chi connectivity index (χ1n) is 10.7. The average molecular weight is 438 g/mol. The van der Waals surface area contributed by atoms with Crippen molar-refractivity contribution in [1.29, 1.82) is 0 Å². The maximum absolute atomic E-state index is 13.7. The minimum absolute atomic E-state index is 0.144. The van der Waals surface area contributed by atoms with E-state index in [0.717, 1.165) is 16.8 Å². The summed E-state index contributed by atoms with van der Waals surface area (Å²) >= 11 is 0. The molecule has 0 saturated carbocycles. The fourth-order valence-electron chi connectivity index (χ4n) is 3.75. The molecular weight excluding hydrogens is 411 g/mol. The second-order valence-corrected chi connectivity index (χ2v) is 7.91. The van der Waals surface area contributed by atoms with E-state index in [4.69, 9.17) is 14.0 Å². The van der Waals surface area contributed by atoms with Gasteiger partial charge in [0.25, 0.3) is 0 Å². The first kappa shape index (κ1) is 22.2. The van der Waals surface area contributed by atoms with Gasteiger partial charge in [0.05, 0.1) is 24.7 Å². The first-order chi connectivity index (χ1) is 15.7. The third kappa shape index (κ3) is 6.50. The monoisotopic (exact) mass is 438 g/mol. The Morgan fingerprint density at radius 3 is 2.78 bits per heavy atom. The Bertz CT molecular complexity index is 994. The maximum Gasteiger partial charge on any atom is 0.145 e. The summed E-state index contributed by atoms with van der Waals surface area (Å²) in [5.74, 6) is 0.426.